The van der Waals surface area contributed by atoms with Gasteiger partial charge in [0.1, 0.15) is 11.5 Å². The quantitative estimate of drug-likeness (QED) is 0.692. The van der Waals surface area contributed by atoms with Gasteiger partial charge >= 0.3 is 6.36 Å². The van der Waals surface area contributed by atoms with Gasteiger partial charge in [-0.1, -0.05) is 29.8 Å². The number of ether oxygens (including phenoxy) is 3. The van der Waals surface area contributed by atoms with Gasteiger partial charge in [-0.25, -0.2) is 0 Å². The number of hydrogen-bond donors (Lipinski definition) is 1. The Hall–Kier alpha value is -1.96. The Bertz CT molecular complexity index is 904. The maximum Gasteiger partial charge on any atom is 0.573 e. The lowest BCUT2D eigenvalue weighted by molar-refractivity contribution is -0.274. The van der Waals surface area contributed by atoms with E-state index in [9.17, 15) is 18.3 Å². The van der Waals surface area contributed by atoms with Crippen molar-refractivity contribution in [3.63, 3.8) is 0 Å². The molecule has 1 N–H and O–H groups in total. The second-order valence-electron chi connectivity index (χ2n) is 7.77. The van der Waals surface area contributed by atoms with Gasteiger partial charge in [-0.15, -0.1) is 13.2 Å². The fraction of sp³-hybridized carbons (Fsp3) is 0.455. The van der Waals surface area contributed by atoms with E-state index < -0.39 is 12.5 Å². The zero-order valence-corrected chi connectivity index (χ0v) is 17.1. The van der Waals surface area contributed by atoms with Gasteiger partial charge in [0.2, 0.25) is 0 Å². The normalized spacial score (nSPS) is 23.7. The van der Waals surface area contributed by atoms with Crippen LogP contribution in [0.15, 0.2) is 30.3 Å². The number of aliphatic hydroxyl groups is 1. The third kappa shape index (κ3) is 4.68. The van der Waals surface area contributed by atoms with Crippen LogP contribution in [0.2, 0.25) is 5.02 Å². The van der Waals surface area contributed by atoms with Crippen molar-refractivity contribution in [3.8, 4) is 11.5 Å². The molecule has 0 saturated carbocycles. The van der Waals surface area contributed by atoms with E-state index in [1.165, 1.54) is 12.1 Å². The number of rotatable bonds is 4. The molecule has 2 aliphatic rings. The summed E-state index contributed by atoms with van der Waals surface area (Å²) < 4.78 is 52.9. The molecule has 1 saturated heterocycles. The molecule has 0 aliphatic carbocycles. The van der Waals surface area contributed by atoms with E-state index >= 15 is 0 Å². The summed E-state index contributed by atoms with van der Waals surface area (Å²) in [7, 11) is 0. The Morgan fingerprint density at radius 2 is 1.93 bits per heavy atom. The number of hydrogen-bond acceptors (Lipinski definition) is 4. The SMILES string of the molecule is CC1CC(O)CC(c2cc(Cc3ccc(OC(F)(F)F)cc3)c(Cl)c3c2CCO3)O1. The highest BCUT2D eigenvalue weighted by Gasteiger charge is 2.33. The Kier molecular flexibility index (Phi) is 5.88. The molecule has 0 aromatic heterocycles. The van der Waals surface area contributed by atoms with Gasteiger partial charge in [0.05, 0.1) is 29.9 Å². The van der Waals surface area contributed by atoms with Crippen LogP contribution in [0.5, 0.6) is 11.5 Å². The van der Waals surface area contributed by atoms with Gasteiger partial charge in [-0.05, 0) is 48.6 Å². The lowest BCUT2D eigenvalue weighted by Gasteiger charge is -2.33. The predicted molar refractivity (Wildman–Crippen MR) is 105 cm³/mol. The Balaban J connectivity index is 1.62. The lowest BCUT2D eigenvalue weighted by Crippen LogP contribution is -2.29. The summed E-state index contributed by atoms with van der Waals surface area (Å²) in [6.07, 6.45) is -3.23. The maximum atomic E-state index is 12.4. The van der Waals surface area contributed by atoms with Gasteiger partial charge in [0, 0.05) is 18.4 Å². The number of halogens is 4. The summed E-state index contributed by atoms with van der Waals surface area (Å²) in [5, 5.41) is 10.7. The van der Waals surface area contributed by atoms with Crippen LogP contribution in [0.4, 0.5) is 13.2 Å². The van der Waals surface area contributed by atoms with Crippen molar-refractivity contribution >= 4 is 11.6 Å². The molecule has 0 spiro atoms. The molecular weight excluding hydrogens is 421 g/mol. The molecule has 8 heteroatoms. The molecule has 2 aliphatic heterocycles. The zero-order valence-electron chi connectivity index (χ0n) is 16.3. The van der Waals surface area contributed by atoms with Gasteiger partial charge in [0.25, 0.3) is 0 Å². The minimum atomic E-state index is -4.72. The second kappa shape index (κ2) is 8.29. The highest BCUT2D eigenvalue weighted by atomic mass is 35.5. The van der Waals surface area contributed by atoms with Crippen molar-refractivity contribution in [2.45, 2.75) is 57.3 Å². The molecule has 3 atom stereocenters. The number of aliphatic hydroxyl groups excluding tert-OH is 1. The second-order valence-corrected chi connectivity index (χ2v) is 8.15. The summed E-state index contributed by atoms with van der Waals surface area (Å²) in [5.41, 5.74) is 3.55. The average Bonchev–Trinajstić information content (AvgIpc) is 3.14. The minimum absolute atomic E-state index is 0.0583. The van der Waals surface area contributed by atoms with Gasteiger partial charge in [0.15, 0.2) is 0 Å². The first-order valence-corrected chi connectivity index (χ1v) is 10.2. The van der Waals surface area contributed by atoms with E-state index in [0.717, 1.165) is 28.7 Å². The maximum absolute atomic E-state index is 12.4. The molecule has 0 radical (unpaired) electrons. The average molecular weight is 443 g/mol. The first-order valence-electron chi connectivity index (χ1n) is 9.84. The van der Waals surface area contributed by atoms with Crippen molar-refractivity contribution in [3.05, 3.63) is 57.6 Å². The molecule has 4 nitrogen and oxygen atoms in total. The van der Waals surface area contributed by atoms with Crippen LogP contribution in [0.1, 0.15) is 48.1 Å². The largest absolute Gasteiger partial charge is 0.573 e. The molecule has 2 heterocycles. The van der Waals surface area contributed by atoms with Crippen molar-refractivity contribution in [1.29, 1.82) is 0 Å². The van der Waals surface area contributed by atoms with Crippen LogP contribution >= 0.6 is 11.6 Å². The van der Waals surface area contributed by atoms with Crippen LogP contribution in [-0.2, 0) is 17.6 Å². The fourth-order valence-electron chi connectivity index (χ4n) is 4.17. The summed E-state index contributed by atoms with van der Waals surface area (Å²) >= 11 is 6.60. The minimum Gasteiger partial charge on any atom is -0.491 e. The zero-order chi connectivity index (χ0) is 21.5. The molecule has 3 unspecified atom stereocenters. The van der Waals surface area contributed by atoms with Gasteiger partial charge in [-0.3, -0.25) is 0 Å². The summed E-state index contributed by atoms with van der Waals surface area (Å²) in [6, 6.07) is 7.70. The van der Waals surface area contributed by atoms with E-state index in [4.69, 9.17) is 21.1 Å². The Morgan fingerprint density at radius 1 is 1.20 bits per heavy atom. The van der Waals surface area contributed by atoms with E-state index in [-0.39, 0.29) is 18.0 Å². The number of fused-ring (bicyclic) bond motifs is 1. The third-order valence-electron chi connectivity index (χ3n) is 5.42. The molecule has 2 aromatic carbocycles. The molecule has 1 fully saturated rings. The van der Waals surface area contributed by atoms with E-state index in [1.807, 2.05) is 13.0 Å². The highest BCUT2D eigenvalue weighted by Crippen LogP contribution is 2.44. The van der Waals surface area contributed by atoms with E-state index in [1.54, 1.807) is 12.1 Å². The van der Waals surface area contributed by atoms with E-state index in [2.05, 4.69) is 4.74 Å². The van der Waals surface area contributed by atoms with Crippen molar-refractivity contribution in [2.75, 3.05) is 6.61 Å². The first-order chi connectivity index (χ1) is 14.2. The van der Waals surface area contributed by atoms with Gasteiger partial charge < -0.3 is 19.3 Å². The summed E-state index contributed by atoms with van der Waals surface area (Å²) in [6.45, 7) is 2.47. The van der Waals surface area contributed by atoms with E-state index in [0.29, 0.717) is 36.6 Å². The molecule has 2 aromatic rings. The topological polar surface area (TPSA) is 47.9 Å². The smallest absolute Gasteiger partial charge is 0.491 e. The molecular formula is C22H22ClF3O4. The number of benzene rings is 2. The van der Waals surface area contributed by atoms with Crippen molar-refractivity contribution in [2.24, 2.45) is 0 Å². The predicted octanol–water partition coefficient (Wildman–Crippen LogP) is 5.37. The van der Waals surface area contributed by atoms with Crippen LogP contribution in [0.3, 0.4) is 0 Å². The van der Waals surface area contributed by atoms with Crippen LogP contribution in [-0.4, -0.2) is 30.3 Å². The Morgan fingerprint density at radius 3 is 2.60 bits per heavy atom. The molecule has 4 rings (SSSR count). The molecule has 162 valence electrons. The van der Waals surface area contributed by atoms with Crippen molar-refractivity contribution < 1.29 is 32.5 Å². The van der Waals surface area contributed by atoms with Gasteiger partial charge in [-0.2, -0.15) is 0 Å². The third-order valence-corrected chi connectivity index (χ3v) is 5.83. The summed E-state index contributed by atoms with van der Waals surface area (Å²) in [5.74, 6) is 0.367. The molecule has 0 amide bonds. The number of alkyl halides is 3. The van der Waals surface area contributed by atoms with Crippen molar-refractivity contribution in [1.82, 2.24) is 0 Å². The summed E-state index contributed by atoms with van der Waals surface area (Å²) in [4.78, 5) is 0. The fourth-order valence-corrected chi connectivity index (χ4v) is 4.46. The molecule has 30 heavy (non-hydrogen) atoms. The monoisotopic (exact) mass is 442 g/mol. The van der Waals surface area contributed by atoms with Crippen LogP contribution < -0.4 is 9.47 Å². The van der Waals surface area contributed by atoms with Crippen LogP contribution in [0.25, 0.3) is 0 Å². The first kappa shape index (κ1) is 21.3. The highest BCUT2D eigenvalue weighted by molar-refractivity contribution is 6.33. The van der Waals surface area contributed by atoms with Crippen LogP contribution in [0, 0.1) is 0 Å². The molecule has 0 bridgehead atoms. The Labute approximate surface area is 177 Å². The lowest BCUT2D eigenvalue weighted by atomic mass is 9.90. The standard InChI is InChI=1S/C22H22ClF3O4/c1-12-8-15(27)11-19(29-12)18-10-14(20(23)21-17(18)6-7-28-21)9-13-2-4-16(5-3-13)30-22(24,25)26/h2-5,10,12,15,19,27H,6-9,11H2,1H3.